The smallest absolute Gasteiger partial charge is 0.253 e. The van der Waals surface area contributed by atoms with Crippen molar-refractivity contribution in [2.45, 2.75) is 36.1 Å². The van der Waals surface area contributed by atoms with Crippen LogP contribution in [0.5, 0.6) is 0 Å². The number of rotatable bonds is 7. The highest BCUT2D eigenvalue weighted by molar-refractivity contribution is 7.91. The van der Waals surface area contributed by atoms with E-state index in [1.165, 1.54) is 11.3 Å². The normalized spacial score (nSPS) is 15.7. The van der Waals surface area contributed by atoms with E-state index >= 15 is 0 Å². The summed E-state index contributed by atoms with van der Waals surface area (Å²) in [6.07, 6.45) is 2.40. The molecular weight excluding hydrogens is 326 g/mol. The van der Waals surface area contributed by atoms with E-state index in [-0.39, 0.29) is 12.6 Å². The standard InChI is InChI=1S/C14H17NO3S3/c16-8-7-12-5-6-14(20-12)21(17,18)15(11-3-4-11)10-13-2-1-9-19-13/h1-2,5-6,9,11,16H,3-4,7-8,10H2. The van der Waals surface area contributed by atoms with Gasteiger partial charge in [0, 0.05) is 35.4 Å². The van der Waals surface area contributed by atoms with Gasteiger partial charge in [-0.25, -0.2) is 8.42 Å². The predicted molar refractivity (Wildman–Crippen MR) is 85.2 cm³/mol. The van der Waals surface area contributed by atoms with Gasteiger partial charge in [-0.05, 0) is 36.4 Å². The van der Waals surface area contributed by atoms with Crippen molar-refractivity contribution in [3.8, 4) is 0 Å². The van der Waals surface area contributed by atoms with Gasteiger partial charge in [-0.15, -0.1) is 22.7 Å². The van der Waals surface area contributed by atoms with E-state index in [9.17, 15) is 8.42 Å². The minimum absolute atomic E-state index is 0.0432. The van der Waals surface area contributed by atoms with Crippen LogP contribution in [0.3, 0.4) is 0 Å². The molecule has 114 valence electrons. The summed E-state index contributed by atoms with van der Waals surface area (Å²) in [5, 5.41) is 10.9. The number of nitrogens with zero attached hydrogens (tertiary/aromatic N) is 1. The van der Waals surface area contributed by atoms with Crippen LogP contribution in [0.4, 0.5) is 0 Å². The minimum Gasteiger partial charge on any atom is -0.396 e. The fourth-order valence-electron chi connectivity index (χ4n) is 2.19. The second-order valence-corrected chi connectivity index (χ2v) is 9.37. The summed E-state index contributed by atoms with van der Waals surface area (Å²) in [5.41, 5.74) is 0. The van der Waals surface area contributed by atoms with Crippen LogP contribution in [0.25, 0.3) is 0 Å². The lowest BCUT2D eigenvalue weighted by Gasteiger charge is -2.20. The summed E-state index contributed by atoms with van der Waals surface area (Å²) < 4.78 is 27.7. The molecule has 3 rings (SSSR count). The average molecular weight is 343 g/mol. The van der Waals surface area contributed by atoms with Crippen LogP contribution >= 0.6 is 22.7 Å². The summed E-state index contributed by atoms with van der Waals surface area (Å²) >= 11 is 2.85. The third kappa shape index (κ3) is 3.37. The van der Waals surface area contributed by atoms with Gasteiger partial charge in [-0.3, -0.25) is 0 Å². The van der Waals surface area contributed by atoms with Crippen molar-refractivity contribution in [1.29, 1.82) is 0 Å². The topological polar surface area (TPSA) is 57.6 Å². The van der Waals surface area contributed by atoms with Gasteiger partial charge in [0.25, 0.3) is 10.0 Å². The predicted octanol–water partition coefficient (Wildman–Crippen LogP) is 2.70. The van der Waals surface area contributed by atoms with E-state index in [1.54, 1.807) is 27.8 Å². The Hall–Kier alpha value is -0.730. The van der Waals surface area contributed by atoms with Crippen molar-refractivity contribution in [3.05, 3.63) is 39.4 Å². The van der Waals surface area contributed by atoms with E-state index in [1.807, 2.05) is 17.5 Å². The molecule has 7 heteroatoms. The Morgan fingerprint density at radius 2 is 2.05 bits per heavy atom. The number of thiophene rings is 2. The Morgan fingerprint density at radius 3 is 2.67 bits per heavy atom. The quantitative estimate of drug-likeness (QED) is 0.841. The Kier molecular flexibility index (Phi) is 4.46. The first-order valence-corrected chi connectivity index (χ1v) is 9.98. The van der Waals surface area contributed by atoms with E-state index < -0.39 is 10.0 Å². The summed E-state index contributed by atoms with van der Waals surface area (Å²) in [7, 11) is -3.43. The van der Waals surface area contributed by atoms with Crippen molar-refractivity contribution in [2.75, 3.05) is 6.61 Å². The average Bonchev–Trinajstić information content (AvgIpc) is 2.96. The second-order valence-electron chi connectivity index (χ2n) is 5.06. The van der Waals surface area contributed by atoms with Crippen molar-refractivity contribution in [2.24, 2.45) is 0 Å². The fourth-order valence-corrected chi connectivity index (χ4v) is 6.11. The minimum atomic E-state index is -3.43. The van der Waals surface area contributed by atoms with Gasteiger partial charge >= 0.3 is 0 Å². The third-order valence-corrected chi connectivity index (χ3v) is 7.78. The van der Waals surface area contributed by atoms with Gasteiger partial charge in [0.05, 0.1) is 0 Å². The highest BCUT2D eigenvalue weighted by Crippen LogP contribution is 2.36. The van der Waals surface area contributed by atoms with Crippen molar-refractivity contribution in [3.63, 3.8) is 0 Å². The van der Waals surface area contributed by atoms with Gasteiger partial charge in [-0.2, -0.15) is 4.31 Å². The largest absolute Gasteiger partial charge is 0.396 e. The second kappa shape index (κ2) is 6.18. The van der Waals surface area contributed by atoms with Gasteiger partial charge in [-0.1, -0.05) is 6.07 Å². The van der Waals surface area contributed by atoms with E-state index in [2.05, 4.69) is 0 Å². The van der Waals surface area contributed by atoms with Crippen molar-refractivity contribution < 1.29 is 13.5 Å². The van der Waals surface area contributed by atoms with Gasteiger partial charge < -0.3 is 5.11 Å². The number of hydrogen-bond acceptors (Lipinski definition) is 5. The van der Waals surface area contributed by atoms with Crippen LogP contribution in [0.2, 0.25) is 0 Å². The van der Waals surface area contributed by atoms with Gasteiger partial charge in [0.1, 0.15) is 4.21 Å². The molecule has 0 aliphatic heterocycles. The lowest BCUT2D eigenvalue weighted by molar-refractivity contribution is 0.300. The first-order chi connectivity index (χ1) is 10.1. The molecular formula is C14H17NO3S3. The molecule has 2 aromatic heterocycles. The molecule has 0 unspecified atom stereocenters. The highest BCUT2D eigenvalue weighted by atomic mass is 32.2. The third-order valence-electron chi connectivity index (χ3n) is 3.40. The molecule has 1 N–H and O–H groups in total. The fraction of sp³-hybridized carbons (Fsp3) is 0.429. The van der Waals surface area contributed by atoms with E-state index in [0.29, 0.717) is 17.2 Å². The number of aliphatic hydroxyl groups excluding tert-OH is 1. The first kappa shape index (κ1) is 15.2. The molecule has 0 atom stereocenters. The molecule has 1 saturated carbocycles. The van der Waals surface area contributed by atoms with Crippen molar-refractivity contribution >= 4 is 32.7 Å². The van der Waals surface area contributed by atoms with Gasteiger partial charge in [0.15, 0.2) is 0 Å². The number of sulfonamides is 1. The molecule has 21 heavy (non-hydrogen) atoms. The summed E-state index contributed by atoms with van der Waals surface area (Å²) in [5.74, 6) is 0. The molecule has 1 aliphatic rings. The van der Waals surface area contributed by atoms with Crippen LogP contribution < -0.4 is 0 Å². The summed E-state index contributed by atoms with van der Waals surface area (Å²) in [6, 6.07) is 7.52. The zero-order chi connectivity index (χ0) is 14.9. The first-order valence-electron chi connectivity index (χ1n) is 6.85. The molecule has 4 nitrogen and oxygen atoms in total. The lowest BCUT2D eigenvalue weighted by atomic mass is 10.4. The van der Waals surface area contributed by atoms with Gasteiger partial charge in [0.2, 0.25) is 0 Å². The van der Waals surface area contributed by atoms with E-state index in [4.69, 9.17) is 5.11 Å². The molecule has 0 aromatic carbocycles. The Bertz CT molecular complexity index is 687. The van der Waals surface area contributed by atoms with Crippen LogP contribution in [-0.2, 0) is 23.0 Å². The van der Waals surface area contributed by atoms with Crippen LogP contribution in [-0.4, -0.2) is 30.5 Å². The highest BCUT2D eigenvalue weighted by Gasteiger charge is 2.38. The van der Waals surface area contributed by atoms with Crippen LogP contribution in [0.15, 0.2) is 33.9 Å². The van der Waals surface area contributed by atoms with Crippen LogP contribution in [0.1, 0.15) is 22.6 Å². The monoisotopic (exact) mass is 343 g/mol. The molecule has 2 aromatic rings. The molecule has 0 spiro atoms. The summed E-state index contributed by atoms with van der Waals surface area (Å²) in [4.78, 5) is 1.97. The molecule has 2 heterocycles. The maximum Gasteiger partial charge on any atom is 0.253 e. The Labute approximate surface area is 132 Å². The lowest BCUT2D eigenvalue weighted by Crippen LogP contribution is -2.31. The zero-order valence-corrected chi connectivity index (χ0v) is 13.9. The zero-order valence-electron chi connectivity index (χ0n) is 11.4. The Balaban J connectivity index is 1.85. The maximum atomic E-state index is 12.8. The molecule has 0 saturated heterocycles. The van der Waals surface area contributed by atoms with Crippen molar-refractivity contribution in [1.82, 2.24) is 4.31 Å². The molecule has 1 aliphatic carbocycles. The van der Waals surface area contributed by atoms with E-state index in [0.717, 1.165) is 22.6 Å². The molecule has 1 fully saturated rings. The SMILES string of the molecule is O=S(=O)(c1ccc(CCO)s1)N(Cc1cccs1)C1CC1. The van der Waals surface area contributed by atoms with Crippen LogP contribution in [0, 0.1) is 0 Å². The summed E-state index contributed by atoms with van der Waals surface area (Å²) in [6.45, 7) is 0.499. The Morgan fingerprint density at radius 1 is 1.24 bits per heavy atom. The number of hydrogen-bond donors (Lipinski definition) is 1. The number of aliphatic hydroxyl groups is 1. The molecule has 0 radical (unpaired) electrons. The maximum absolute atomic E-state index is 12.8. The molecule has 0 bridgehead atoms. The molecule has 0 amide bonds.